The average Bonchev–Trinajstić information content (AvgIpc) is 3.65. The molecule has 0 radical (unpaired) electrons. The van der Waals surface area contributed by atoms with Crippen molar-refractivity contribution in [1.29, 1.82) is 0 Å². The summed E-state index contributed by atoms with van der Waals surface area (Å²) in [5.41, 5.74) is 5.76. The fourth-order valence-electron chi connectivity index (χ4n) is 4.84. The highest BCUT2D eigenvalue weighted by atomic mass is 32.1. The zero-order valence-electron chi connectivity index (χ0n) is 22.7. The van der Waals surface area contributed by atoms with Crippen LogP contribution in [0.3, 0.4) is 0 Å². The molecule has 0 atom stereocenters. The van der Waals surface area contributed by atoms with Gasteiger partial charge in [-0.2, -0.15) is 0 Å². The number of rotatable bonds is 8. The van der Waals surface area contributed by atoms with Gasteiger partial charge in [0.05, 0.1) is 12.1 Å². The van der Waals surface area contributed by atoms with Crippen LogP contribution in [0.25, 0.3) is 32.6 Å². The van der Waals surface area contributed by atoms with Crippen molar-refractivity contribution >= 4 is 39.2 Å². The third-order valence-corrected chi connectivity index (χ3v) is 7.80. The Morgan fingerprint density at radius 3 is 2.60 bits per heavy atom. The second kappa shape index (κ2) is 10.3. The number of benzene rings is 3. The van der Waals surface area contributed by atoms with E-state index in [1.807, 2.05) is 66.9 Å². The molecule has 0 unspecified atom stereocenters. The number of thiazole rings is 1. The minimum atomic E-state index is -0.862. The predicted octanol–water partition coefficient (Wildman–Crippen LogP) is 8.06. The van der Waals surface area contributed by atoms with Crippen molar-refractivity contribution < 1.29 is 19.1 Å². The van der Waals surface area contributed by atoms with Crippen LogP contribution in [0, 0.1) is 0 Å². The Labute approximate surface area is 236 Å². The van der Waals surface area contributed by atoms with E-state index in [-0.39, 0.29) is 11.8 Å². The molecule has 0 saturated carbocycles. The molecule has 0 amide bonds. The van der Waals surface area contributed by atoms with Crippen LogP contribution in [0.5, 0.6) is 5.75 Å². The molecule has 0 aliphatic heterocycles. The number of hydrogen-bond acceptors (Lipinski definition) is 5. The number of carboxylic acid groups (broad SMARTS) is 1. The van der Waals surface area contributed by atoms with Crippen LogP contribution >= 0.6 is 11.3 Å². The molecule has 0 bridgehead atoms. The maximum Gasteiger partial charge on any atom is 0.307 e. The Morgan fingerprint density at radius 1 is 1.02 bits per heavy atom. The lowest BCUT2D eigenvalue weighted by Gasteiger charge is -2.13. The molecule has 3 aromatic carbocycles. The van der Waals surface area contributed by atoms with Gasteiger partial charge in [-0.3, -0.25) is 4.79 Å². The first-order valence-corrected chi connectivity index (χ1v) is 14.1. The minimum Gasteiger partial charge on any atom is -0.489 e. The zero-order chi connectivity index (χ0) is 27.9. The zero-order valence-corrected chi connectivity index (χ0v) is 23.5. The first-order valence-electron chi connectivity index (χ1n) is 13.2. The van der Waals surface area contributed by atoms with E-state index in [9.17, 15) is 9.90 Å². The average molecular weight is 551 g/mol. The lowest BCUT2D eigenvalue weighted by molar-refractivity contribution is -0.136. The highest BCUT2D eigenvalue weighted by Crippen LogP contribution is 2.34. The monoisotopic (exact) mass is 550 g/mol. The molecule has 0 spiro atoms. The maximum absolute atomic E-state index is 11.6. The predicted molar refractivity (Wildman–Crippen MR) is 159 cm³/mol. The number of carboxylic acids is 1. The summed E-state index contributed by atoms with van der Waals surface area (Å²) in [6.45, 7) is 7.52. The molecule has 6 aromatic rings. The van der Waals surface area contributed by atoms with Crippen LogP contribution in [0.2, 0.25) is 0 Å². The molecule has 0 saturated heterocycles. The van der Waals surface area contributed by atoms with Gasteiger partial charge in [0.25, 0.3) is 0 Å². The van der Waals surface area contributed by atoms with Gasteiger partial charge in [-0.05, 0) is 53.1 Å². The first kappa shape index (κ1) is 25.9. The van der Waals surface area contributed by atoms with Gasteiger partial charge in [0.2, 0.25) is 0 Å². The van der Waals surface area contributed by atoms with Gasteiger partial charge >= 0.3 is 5.97 Å². The number of ether oxygens (including phenoxy) is 1. The molecular weight excluding hydrogens is 520 g/mol. The topological polar surface area (TPSA) is 77.5 Å². The van der Waals surface area contributed by atoms with Crippen molar-refractivity contribution in [3.63, 3.8) is 0 Å². The van der Waals surface area contributed by atoms with E-state index >= 15 is 0 Å². The second-order valence-corrected chi connectivity index (χ2v) is 11.9. The number of carbonyl (C=O) groups is 1. The molecule has 6 nitrogen and oxygen atoms in total. The van der Waals surface area contributed by atoms with Gasteiger partial charge in [0.1, 0.15) is 17.9 Å². The van der Waals surface area contributed by atoms with Crippen molar-refractivity contribution in [2.24, 2.45) is 0 Å². The van der Waals surface area contributed by atoms with E-state index in [1.54, 1.807) is 11.3 Å². The quantitative estimate of drug-likeness (QED) is 0.207. The SMILES string of the molecule is CC(C)(C)c1csc(-c2cc3cc(Cn4cc(CC(=O)O)c5cc(OCc6ccccc6)ccc54)ccc3o2)n1. The van der Waals surface area contributed by atoms with E-state index in [0.29, 0.717) is 18.9 Å². The molecule has 1 N–H and O–H groups in total. The van der Waals surface area contributed by atoms with E-state index < -0.39 is 5.97 Å². The summed E-state index contributed by atoms with van der Waals surface area (Å²) >= 11 is 1.60. The Balaban J connectivity index is 1.28. The van der Waals surface area contributed by atoms with Gasteiger partial charge < -0.3 is 18.8 Å². The van der Waals surface area contributed by atoms with Crippen molar-refractivity contribution in [3.05, 3.63) is 107 Å². The number of aromatic nitrogens is 2. The Kier molecular flexibility index (Phi) is 6.68. The van der Waals surface area contributed by atoms with Crippen molar-refractivity contribution in [3.8, 4) is 16.5 Å². The fraction of sp³-hybridized carbons (Fsp3) is 0.212. The van der Waals surface area contributed by atoms with Crippen LogP contribution in [0.4, 0.5) is 0 Å². The first-order chi connectivity index (χ1) is 19.2. The molecular formula is C33H30N2O4S. The Bertz CT molecular complexity index is 1820. The summed E-state index contributed by atoms with van der Waals surface area (Å²) < 4.78 is 14.3. The van der Waals surface area contributed by atoms with Crippen molar-refractivity contribution in [2.75, 3.05) is 0 Å². The summed E-state index contributed by atoms with van der Waals surface area (Å²) in [6.07, 6.45) is 1.88. The summed E-state index contributed by atoms with van der Waals surface area (Å²) in [7, 11) is 0. The molecule has 0 aliphatic carbocycles. The molecule has 3 heterocycles. The number of hydrogen-bond donors (Lipinski definition) is 1. The fourth-order valence-corrected chi connectivity index (χ4v) is 5.84. The van der Waals surface area contributed by atoms with Crippen LogP contribution in [-0.4, -0.2) is 20.6 Å². The molecule has 6 rings (SSSR count). The van der Waals surface area contributed by atoms with Crippen LogP contribution in [0.15, 0.2) is 88.8 Å². The van der Waals surface area contributed by atoms with E-state index in [1.165, 1.54) is 0 Å². The summed E-state index contributed by atoms with van der Waals surface area (Å²) in [4.78, 5) is 16.4. The largest absolute Gasteiger partial charge is 0.489 e. The standard InChI is InChI=1S/C33H30N2O4S/c1-33(2,3)30-20-40-32(34-30)29-14-23-13-22(9-12-28(23)39-29)17-35-18-24(15-31(36)37)26-16-25(10-11-27(26)35)38-19-21-7-5-4-6-8-21/h4-14,16,18,20H,15,17,19H2,1-3H3,(H,36,37). The van der Waals surface area contributed by atoms with Crippen LogP contribution in [0.1, 0.15) is 43.2 Å². The van der Waals surface area contributed by atoms with Gasteiger partial charge in [0.15, 0.2) is 10.8 Å². The second-order valence-electron chi connectivity index (χ2n) is 11.1. The van der Waals surface area contributed by atoms with E-state index in [4.69, 9.17) is 14.1 Å². The van der Waals surface area contributed by atoms with Gasteiger partial charge in [0, 0.05) is 39.8 Å². The highest BCUT2D eigenvalue weighted by Gasteiger charge is 2.20. The molecule has 3 aromatic heterocycles. The van der Waals surface area contributed by atoms with E-state index in [0.717, 1.165) is 55.0 Å². The lowest BCUT2D eigenvalue weighted by atomic mass is 9.93. The summed E-state index contributed by atoms with van der Waals surface area (Å²) in [5, 5.41) is 14.4. The minimum absolute atomic E-state index is 0.0122. The van der Waals surface area contributed by atoms with Crippen molar-refractivity contribution in [2.45, 2.75) is 45.8 Å². The van der Waals surface area contributed by atoms with Crippen LogP contribution in [-0.2, 0) is 29.8 Å². The molecule has 202 valence electrons. The van der Waals surface area contributed by atoms with Crippen molar-refractivity contribution in [1.82, 2.24) is 9.55 Å². The maximum atomic E-state index is 11.6. The Morgan fingerprint density at radius 2 is 1.85 bits per heavy atom. The Hall–Kier alpha value is -4.36. The van der Waals surface area contributed by atoms with E-state index in [2.05, 4.69) is 42.9 Å². The molecule has 7 heteroatoms. The number of furan rings is 1. The summed E-state index contributed by atoms with van der Waals surface area (Å²) in [6, 6.07) is 24.1. The van der Waals surface area contributed by atoms with Gasteiger partial charge in [-0.15, -0.1) is 11.3 Å². The summed E-state index contributed by atoms with van der Waals surface area (Å²) in [5.74, 6) is 0.620. The number of fused-ring (bicyclic) bond motifs is 2. The number of nitrogens with zero attached hydrogens (tertiary/aromatic N) is 2. The molecule has 0 aliphatic rings. The smallest absolute Gasteiger partial charge is 0.307 e. The third kappa shape index (κ3) is 5.38. The van der Waals surface area contributed by atoms with Gasteiger partial charge in [-0.1, -0.05) is 57.2 Å². The molecule has 0 fully saturated rings. The normalized spacial score (nSPS) is 11.9. The third-order valence-electron chi connectivity index (χ3n) is 6.94. The number of aliphatic carboxylic acids is 1. The highest BCUT2D eigenvalue weighted by molar-refractivity contribution is 7.13. The van der Waals surface area contributed by atoms with Crippen LogP contribution < -0.4 is 4.74 Å². The molecule has 40 heavy (non-hydrogen) atoms. The lowest BCUT2D eigenvalue weighted by Crippen LogP contribution is -2.11. The van der Waals surface area contributed by atoms with Gasteiger partial charge in [-0.25, -0.2) is 4.98 Å².